The van der Waals surface area contributed by atoms with Crippen molar-refractivity contribution in [2.75, 3.05) is 0 Å². The molecular weight excluding hydrogens is 501 g/mol. The highest BCUT2D eigenvalue weighted by Crippen LogP contribution is 2.51. The number of aromatic nitrogens is 5. The number of hydrogen-bond acceptors (Lipinski definition) is 7. The summed E-state index contributed by atoms with van der Waals surface area (Å²) in [7, 11) is 0. The molecule has 1 unspecified atom stereocenters. The van der Waals surface area contributed by atoms with Crippen molar-refractivity contribution in [2.45, 2.75) is 5.92 Å². The maximum atomic E-state index is 13.5. The Labute approximate surface area is 212 Å². The minimum Gasteiger partial charge on any atom is -0.437 e. The van der Waals surface area contributed by atoms with E-state index in [-0.39, 0.29) is 11.4 Å². The highest BCUT2D eigenvalue weighted by atomic mass is 35.5. The molecule has 0 N–H and O–H groups in total. The molecule has 5 heterocycles. The van der Waals surface area contributed by atoms with Crippen molar-refractivity contribution in [1.82, 2.24) is 24.6 Å². The van der Waals surface area contributed by atoms with Crippen LogP contribution in [0, 0.1) is 0 Å². The summed E-state index contributed by atoms with van der Waals surface area (Å²) < 4.78 is 13.5. The van der Waals surface area contributed by atoms with Gasteiger partial charge in [-0.3, -0.25) is 4.98 Å². The number of ether oxygens (including phenoxy) is 1. The molecule has 0 saturated heterocycles. The second kappa shape index (κ2) is 7.87. The van der Waals surface area contributed by atoms with Crippen molar-refractivity contribution in [3.05, 3.63) is 110 Å². The molecule has 0 spiro atoms. The fourth-order valence-corrected chi connectivity index (χ4v) is 5.24. The number of rotatable bonds is 2. The van der Waals surface area contributed by atoms with E-state index >= 15 is 0 Å². The maximum Gasteiger partial charge on any atom is 0.344 e. The lowest BCUT2D eigenvalue weighted by atomic mass is 9.84. The normalized spacial score (nSPS) is 14.4. The van der Waals surface area contributed by atoms with Crippen molar-refractivity contribution in [3.63, 3.8) is 0 Å². The zero-order chi connectivity index (χ0) is 24.4. The van der Waals surface area contributed by atoms with Crippen molar-refractivity contribution < 1.29 is 9.15 Å². The van der Waals surface area contributed by atoms with Gasteiger partial charge in [0, 0.05) is 33.6 Å². The lowest BCUT2D eigenvalue weighted by Crippen LogP contribution is -2.22. The molecule has 1 atom stereocenters. The predicted octanol–water partition coefficient (Wildman–Crippen LogP) is 5.89. The predicted molar refractivity (Wildman–Crippen MR) is 134 cm³/mol. The van der Waals surface area contributed by atoms with Gasteiger partial charge in [0.15, 0.2) is 17.2 Å². The van der Waals surface area contributed by atoms with Crippen LogP contribution >= 0.6 is 23.2 Å². The summed E-state index contributed by atoms with van der Waals surface area (Å²) in [6, 6.07) is 16.0. The molecule has 0 saturated carbocycles. The molecule has 0 fully saturated rings. The highest BCUT2D eigenvalue weighted by molar-refractivity contribution is 6.36. The Morgan fingerprint density at radius 2 is 1.67 bits per heavy atom. The molecule has 4 aromatic heterocycles. The molecule has 0 radical (unpaired) electrons. The zero-order valence-electron chi connectivity index (χ0n) is 18.2. The van der Waals surface area contributed by atoms with Gasteiger partial charge in [0.1, 0.15) is 11.9 Å². The molecule has 10 heteroatoms. The smallest absolute Gasteiger partial charge is 0.344 e. The van der Waals surface area contributed by atoms with E-state index in [0.29, 0.717) is 49.4 Å². The van der Waals surface area contributed by atoms with Crippen LogP contribution in [0.3, 0.4) is 0 Å². The number of hydrogen-bond donors (Lipinski definition) is 0. The van der Waals surface area contributed by atoms with Gasteiger partial charge in [-0.2, -0.15) is 0 Å². The van der Waals surface area contributed by atoms with Crippen molar-refractivity contribution >= 4 is 39.8 Å². The van der Waals surface area contributed by atoms with Crippen LogP contribution in [-0.2, 0) is 0 Å². The van der Waals surface area contributed by atoms with E-state index in [1.165, 1.54) is 6.33 Å². The molecule has 36 heavy (non-hydrogen) atoms. The molecule has 174 valence electrons. The van der Waals surface area contributed by atoms with Crippen LogP contribution in [0.5, 0.6) is 11.6 Å². The van der Waals surface area contributed by atoms with Gasteiger partial charge in [0.2, 0.25) is 5.88 Å². The van der Waals surface area contributed by atoms with Gasteiger partial charge < -0.3 is 9.15 Å². The fraction of sp³-hybridized carbons (Fsp3) is 0.0385. The number of nitrogens with zero attached hydrogens (tertiary/aromatic N) is 5. The summed E-state index contributed by atoms with van der Waals surface area (Å²) >= 11 is 13.4. The van der Waals surface area contributed by atoms with E-state index in [9.17, 15) is 4.79 Å². The van der Waals surface area contributed by atoms with Crippen LogP contribution in [0.4, 0.5) is 0 Å². The van der Waals surface area contributed by atoms with Crippen LogP contribution in [0.2, 0.25) is 10.0 Å². The van der Waals surface area contributed by atoms with E-state index in [1.807, 2.05) is 24.3 Å². The summed E-state index contributed by atoms with van der Waals surface area (Å²) in [4.78, 5) is 26.8. The van der Waals surface area contributed by atoms with E-state index in [1.54, 1.807) is 47.2 Å². The van der Waals surface area contributed by atoms with Gasteiger partial charge in [-0.05, 0) is 36.4 Å². The first kappa shape index (κ1) is 21.0. The van der Waals surface area contributed by atoms with Crippen LogP contribution in [0.25, 0.3) is 28.0 Å². The maximum absolute atomic E-state index is 13.5. The molecule has 6 aromatic rings. The third-order valence-electron chi connectivity index (χ3n) is 6.19. The first-order valence-electron chi connectivity index (χ1n) is 10.9. The third kappa shape index (κ3) is 3.05. The Balaban J connectivity index is 1.60. The van der Waals surface area contributed by atoms with Gasteiger partial charge in [0.25, 0.3) is 0 Å². The third-order valence-corrected chi connectivity index (χ3v) is 6.85. The lowest BCUT2D eigenvalue weighted by Gasteiger charge is -2.28. The van der Waals surface area contributed by atoms with Gasteiger partial charge in [-0.15, -0.1) is 5.10 Å². The Bertz CT molecular complexity index is 1860. The number of fused-ring (bicyclic) bond motifs is 6. The van der Waals surface area contributed by atoms with E-state index in [0.717, 1.165) is 5.56 Å². The Hall–Kier alpha value is -4.27. The second-order valence-corrected chi connectivity index (χ2v) is 9.02. The molecule has 0 bridgehead atoms. The molecule has 1 aliphatic heterocycles. The van der Waals surface area contributed by atoms with Gasteiger partial charge >= 0.3 is 5.63 Å². The standard InChI is InChI=1S/C26H13Cl2N5O3/c27-15-5-3-6-16(28)18(15)19-20-22(14-4-1-2-7-17(14)35-26(20)34)36-25-21(19)24-31-23(32-33(24)12-30-25)13-8-10-29-11-9-13/h1-12,19H. The van der Waals surface area contributed by atoms with Crippen molar-refractivity contribution in [3.8, 4) is 23.0 Å². The number of benzene rings is 2. The van der Waals surface area contributed by atoms with Gasteiger partial charge in [-0.25, -0.2) is 19.3 Å². The van der Waals surface area contributed by atoms with Gasteiger partial charge in [-0.1, -0.05) is 41.4 Å². The van der Waals surface area contributed by atoms with Gasteiger partial charge in [0.05, 0.1) is 22.4 Å². The topological polar surface area (TPSA) is 95.4 Å². The quantitative estimate of drug-likeness (QED) is 0.266. The Morgan fingerprint density at radius 1 is 0.889 bits per heavy atom. The first-order chi connectivity index (χ1) is 17.6. The minimum atomic E-state index is -0.767. The molecule has 0 amide bonds. The zero-order valence-corrected chi connectivity index (χ0v) is 19.7. The summed E-state index contributed by atoms with van der Waals surface area (Å²) in [5, 5.41) is 5.98. The fourth-order valence-electron chi connectivity index (χ4n) is 4.63. The summed E-state index contributed by atoms with van der Waals surface area (Å²) in [5.74, 6) is 0.325. The number of pyridine rings is 1. The Kier molecular flexibility index (Phi) is 4.60. The summed E-state index contributed by atoms with van der Waals surface area (Å²) in [6.45, 7) is 0. The monoisotopic (exact) mass is 513 g/mol. The number of para-hydroxylation sites is 1. The number of halogens is 2. The van der Waals surface area contributed by atoms with E-state index in [2.05, 4.69) is 15.1 Å². The average Bonchev–Trinajstić information content (AvgIpc) is 3.33. The van der Waals surface area contributed by atoms with Crippen LogP contribution in [0.1, 0.15) is 22.6 Å². The van der Waals surface area contributed by atoms with E-state index < -0.39 is 11.5 Å². The first-order valence-corrected chi connectivity index (χ1v) is 11.7. The van der Waals surface area contributed by atoms with Crippen LogP contribution in [0.15, 0.2) is 82.5 Å². The van der Waals surface area contributed by atoms with Crippen LogP contribution < -0.4 is 10.4 Å². The molecule has 2 aromatic carbocycles. The SMILES string of the molecule is O=c1oc2ccccc2c2c1C(c1c(Cl)cccc1Cl)c1c(ncn3nc(-c4ccncc4)nc13)O2. The van der Waals surface area contributed by atoms with E-state index in [4.69, 9.17) is 37.3 Å². The van der Waals surface area contributed by atoms with Crippen LogP contribution in [-0.4, -0.2) is 24.6 Å². The Morgan fingerprint density at radius 3 is 2.47 bits per heavy atom. The highest BCUT2D eigenvalue weighted by Gasteiger charge is 2.39. The molecule has 7 rings (SSSR count). The summed E-state index contributed by atoms with van der Waals surface area (Å²) in [6.07, 6.45) is 4.85. The molecule has 8 nitrogen and oxygen atoms in total. The molecule has 0 aliphatic carbocycles. The summed E-state index contributed by atoms with van der Waals surface area (Å²) in [5.41, 5.74) is 2.36. The second-order valence-electron chi connectivity index (χ2n) is 8.20. The molecule has 1 aliphatic rings. The molecular formula is C26H13Cl2N5O3. The minimum absolute atomic E-state index is 0.263. The lowest BCUT2D eigenvalue weighted by molar-refractivity contribution is 0.422. The largest absolute Gasteiger partial charge is 0.437 e. The van der Waals surface area contributed by atoms with Crippen molar-refractivity contribution in [2.24, 2.45) is 0 Å². The average molecular weight is 514 g/mol. The van der Waals surface area contributed by atoms with Crippen molar-refractivity contribution in [1.29, 1.82) is 0 Å².